The van der Waals surface area contributed by atoms with Crippen molar-refractivity contribution < 1.29 is 9.59 Å². The molecule has 0 saturated heterocycles. The number of para-hydroxylation sites is 2. The molecule has 0 spiro atoms. The van der Waals surface area contributed by atoms with Crippen LogP contribution in [0.25, 0.3) is 0 Å². The van der Waals surface area contributed by atoms with Crippen LogP contribution in [-0.4, -0.2) is 11.7 Å². The molecule has 4 nitrogen and oxygen atoms in total. The lowest BCUT2D eigenvalue weighted by Crippen LogP contribution is -2.37. The second-order valence-electron chi connectivity index (χ2n) is 7.28. The summed E-state index contributed by atoms with van der Waals surface area (Å²) in [6.07, 6.45) is 3.37. The molecule has 28 heavy (non-hydrogen) atoms. The second kappa shape index (κ2) is 7.92. The highest BCUT2D eigenvalue weighted by molar-refractivity contribution is 9.10. The summed E-state index contributed by atoms with van der Waals surface area (Å²) < 4.78 is 0.934. The first-order valence-electron chi connectivity index (χ1n) is 9.80. The highest BCUT2D eigenvalue weighted by Crippen LogP contribution is 2.45. The molecule has 0 bridgehead atoms. The summed E-state index contributed by atoms with van der Waals surface area (Å²) >= 11 is 3.55. The molecule has 1 heterocycles. The Bertz CT molecular complexity index is 967. The average Bonchev–Trinajstić information content (AvgIpc) is 2.83. The van der Waals surface area contributed by atoms with E-state index in [0.717, 1.165) is 51.9 Å². The number of nitrogens with one attached hydrogen (secondary N) is 1. The summed E-state index contributed by atoms with van der Waals surface area (Å²) in [5, 5.41) is 3.49. The standard InChI is InChI=1S/C23H23BrN2O2/c1-2-7-21(28)26-19-12-4-3-10-17(19)25-18-11-6-13-20(27)22(18)23(26)15-8-5-9-16(24)14-15/h3-5,8-10,12,14,23,25H,2,6-7,11,13H2,1H3. The average molecular weight is 439 g/mol. The quantitative estimate of drug-likeness (QED) is 0.662. The molecule has 1 amide bonds. The van der Waals surface area contributed by atoms with Crippen molar-refractivity contribution >= 4 is 39.0 Å². The summed E-state index contributed by atoms with van der Waals surface area (Å²) in [5.74, 6) is 0.162. The normalized spacial score (nSPS) is 18.9. The lowest BCUT2D eigenvalue weighted by Gasteiger charge is -2.34. The molecule has 1 aliphatic carbocycles. The molecule has 1 N–H and O–H groups in total. The molecule has 144 valence electrons. The molecule has 1 aliphatic heterocycles. The molecule has 2 aromatic rings. The molecular formula is C23H23BrN2O2. The third-order valence-corrected chi connectivity index (χ3v) is 5.83. The zero-order chi connectivity index (χ0) is 19.7. The number of hydrogen-bond acceptors (Lipinski definition) is 3. The number of Topliss-reactive ketones (excluding diaryl/α,β-unsaturated/α-hetero) is 1. The van der Waals surface area contributed by atoms with Crippen LogP contribution in [0.2, 0.25) is 0 Å². The number of amides is 1. The predicted octanol–water partition coefficient (Wildman–Crippen LogP) is 5.76. The topological polar surface area (TPSA) is 49.4 Å². The highest BCUT2D eigenvalue weighted by Gasteiger charge is 2.39. The molecule has 1 unspecified atom stereocenters. The molecule has 0 saturated carbocycles. The van der Waals surface area contributed by atoms with E-state index in [9.17, 15) is 9.59 Å². The Balaban J connectivity index is 1.99. The maximum atomic E-state index is 13.3. The third kappa shape index (κ3) is 3.39. The van der Waals surface area contributed by atoms with E-state index in [4.69, 9.17) is 0 Å². The fraction of sp³-hybridized carbons (Fsp3) is 0.304. The first-order valence-corrected chi connectivity index (χ1v) is 10.6. The fourth-order valence-electron chi connectivity index (χ4n) is 4.14. The molecule has 2 aliphatic rings. The van der Waals surface area contributed by atoms with Crippen molar-refractivity contribution in [1.82, 2.24) is 0 Å². The van der Waals surface area contributed by atoms with Gasteiger partial charge >= 0.3 is 0 Å². The number of carbonyl (C=O) groups excluding carboxylic acids is 2. The summed E-state index contributed by atoms with van der Waals surface area (Å²) in [6.45, 7) is 2.00. The number of benzene rings is 2. The van der Waals surface area contributed by atoms with Gasteiger partial charge in [0.05, 0.1) is 17.4 Å². The van der Waals surface area contributed by atoms with Gasteiger partial charge < -0.3 is 5.32 Å². The van der Waals surface area contributed by atoms with Crippen molar-refractivity contribution in [1.29, 1.82) is 0 Å². The third-order valence-electron chi connectivity index (χ3n) is 5.33. The van der Waals surface area contributed by atoms with Crippen molar-refractivity contribution in [3.8, 4) is 0 Å². The van der Waals surface area contributed by atoms with Crippen LogP contribution in [0.1, 0.15) is 50.6 Å². The Morgan fingerprint density at radius 2 is 2.00 bits per heavy atom. The smallest absolute Gasteiger partial charge is 0.227 e. The Hall–Kier alpha value is -2.40. The van der Waals surface area contributed by atoms with Gasteiger partial charge in [0.2, 0.25) is 5.91 Å². The van der Waals surface area contributed by atoms with E-state index in [0.29, 0.717) is 12.8 Å². The van der Waals surface area contributed by atoms with Gasteiger partial charge in [0.1, 0.15) is 0 Å². The number of allylic oxidation sites excluding steroid dienone is 1. The van der Waals surface area contributed by atoms with E-state index >= 15 is 0 Å². The van der Waals surface area contributed by atoms with Gasteiger partial charge in [-0.15, -0.1) is 0 Å². The number of carbonyl (C=O) groups is 2. The molecular weight excluding hydrogens is 416 g/mol. The second-order valence-corrected chi connectivity index (χ2v) is 8.20. The van der Waals surface area contributed by atoms with Gasteiger partial charge in [-0.2, -0.15) is 0 Å². The lowest BCUT2D eigenvalue weighted by atomic mass is 9.85. The van der Waals surface area contributed by atoms with Gasteiger partial charge in [0.25, 0.3) is 0 Å². The zero-order valence-corrected chi connectivity index (χ0v) is 17.5. The molecule has 0 fully saturated rings. The van der Waals surface area contributed by atoms with E-state index in [2.05, 4.69) is 21.2 Å². The van der Waals surface area contributed by atoms with Crippen LogP contribution in [0.5, 0.6) is 0 Å². The van der Waals surface area contributed by atoms with E-state index in [1.54, 1.807) is 0 Å². The van der Waals surface area contributed by atoms with Crippen LogP contribution < -0.4 is 10.2 Å². The molecule has 0 radical (unpaired) electrons. The highest BCUT2D eigenvalue weighted by atomic mass is 79.9. The summed E-state index contributed by atoms with van der Waals surface area (Å²) in [5.41, 5.74) is 4.32. The summed E-state index contributed by atoms with van der Waals surface area (Å²) in [4.78, 5) is 28.2. The monoisotopic (exact) mass is 438 g/mol. The van der Waals surface area contributed by atoms with Crippen LogP contribution in [0.15, 0.2) is 64.3 Å². The largest absolute Gasteiger partial charge is 0.357 e. The minimum atomic E-state index is -0.421. The van der Waals surface area contributed by atoms with Gasteiger partial charge in [-0.1, -0.05) is 47.1 Å². The SMILES string of the molecule is CCCC(=O)N1c2ccccc2NC2=C(C(=O)CCC2)C1c1cccc(Br)c1. The molecule has 0 aromatic heterocycles. The summed E-state index contributed by atoms with van der Waals surface area (Å²) in [7, 11) is 0. The summed E-state index contributed by atoms with van der Waals surface area (Å²) in [6, 6.07) is 15.4. The van der Waals surface area contributed by atoms with Crippen molar-refractivity contribution in [2.75, 3.05) is 10.2 Å². The Morgan fingerprint density at radius 3 is 2.79 bits per heavy atom. The van der Waals surface area contributed by atoms with Crippen molar-refractivity contribution in [2.45, 2.75) is 45.1 Å². The van der Waals surface area contributed by atoms with Crippen LogP contribution in [-0.2, 0) is 9.59 Å². The fourth-order valence-corrected chi connectivity index (χ4v) is 4.55. The van der Waals surface area contributed by atoms with Crippen molar-refractivity contribution in [2.24, 2.45) is 0 Å². The molecule has 1 atom stereocenters. The molecule has 4 rings (SSSR count). The van der Waals surface area contributed by atoms with Crippen molar-refractivity contribution in [3.05, 3.63) is 69.8 Å². The maximum Gasteiger partial charge on any atom is 0.227 e. The Labute approximate surface area is 173 Å². The van der Waals surface area contributed by atoms with Gasteiger partial charge in [0, 0.05) is 28.6 Å². The van der Waals surface area contributed by atoms with Gasteiger partial charge in [-0.3, -0.25) is 14.5 Å². The number of hydrogen-bond donors (Lipinski definition) is 1. The van der Waals surface area contributed by atoms with Gasteiger partial charge in [0.15, 0.2) is 5.78 Å². The number of rotatable bonds is 3. The number of anilines is 2. The van der Waals surface area contributed by atoms with Gasteiger partial charge in [-0.25, -0.2) is 0 Å². The molecule has 2 aromatic carbocycles. The van der Waals surface area contributed by atoms with Crippen LogP contribution in [0.4, 0.5) is 11.4 Å². The molecule has 5 heteroatoms. The van der Waals surface area contributed by atoms with E-state index in [-0.39, 0.29) is 11.7 Å². The van der Waals surface area contributed by atoms with E-state index in [1.165, 1.54) is 0 Å². The minimum Gasteiger partial charge on any atom is -0.357 e. The van der Waals surface area contributed by atoms with Crippen molar-refractivity contribution in [3.63, 3.8) is 0 Å². The maximum absolute atomic E-state index is 13.3. The first-order chi connectivity index (χ1) is 13.6. The van der Waals surface area contributed by atoms with Gasteiger partial charge in [-0.05, 0) is 49.1 Å². The number of nitrogens with zero attached hydrogens (tertiary/aromatic N) is 1. The van der Waals surface area contributed by atoms with Crippen LogP contribution in [0, 0.1) is 0 Å². The Kier molecular flexibility index (Phi) is 5.36. The van der Waals surface area contributed by atoms with E-state index in [1.807, 2.05) is 60.4 Å². The predicted molar refractivity (Wildman–Crippen MR) is 115 cm³/mol. The number of halogens is 1. The first kappa shape index (κ1) is 18.9. The lowest BCUT2D eigenvalue weighted by molar-refractivity contribution is -0.119. The Morgan fingerprint density at radius 1 is 1.18 bits per heavy atom. The van der Waals surface area contributed by atoms with Crippen LogP contribution in [0.3, 0.4) is 0 Å². The van der Waals surface area contributed by atoms with Crippen LogP contribution >= 0.6 is 15.9 Å². The minimum absolute atomic E-state index is 0.0360. The number of ketones is 1. The zero-order valence-electron chi connectivity index (χ0n) is 15.9. The number of fused-ring (bicyclic) bond motifs is 1. The van der Waals surface area contributed by atoms with E-state index < -0.39 is 6.04 Å².